The molecular formula is C13H17NO2. The highest BCUT2D eigenvalue weighted by molar-refractivity contribution is 5.75. The number of hydrogen-bond donors (Lipinski definition) is 1. The van der Waals surface area contributed by atoms with Crippen LogP contribution in [-0.2, 0) is 17.6 Å². The van der Waals surface area contributed by atoms with Gasteiger partial charge in [-0.15, -0.1) is 0 Å². The van der Waals surface area contributed by atoms with Gasteiger partial charge in [0, 0.05) is 12.2 Å². The Bertz CT molecular complexity index is 387. The molecule has 0 saturated carbocycles. The van der Waals surface area contributed by atoms with Crippen LogP contribution >= 0.6 is 0 Å². The van der Waals surface area contributed by atoms with Gasteiger partial charge in [0.2, 0.25) is 0 Å². The third-order valence-electron chi connectivity index (χ3n) is 3.10. The molecule has 1 aromatic carbocycles. The molecule has 0 saturated heterocycles. The number of carboxylic acids is 1. The quantitative estimate of drug-likeness (QED) is 0.846. The third kappa shape index (κ3) is 2.03. The van der Waals surface area contributed by atoms with E-state index in [1.165, 1.54) is 16.8 Å². The minimum Gasteiger partial charge on any atom is -0.480 e. The number of rotatable bonds is 3. The summed E-state index contributed by atoms with van der Waals surface area (Å²) in [6, 6.07) is 6.28. The maximum Gasteiger partial charge on any atom is 0.323 e. The van der Waals surface area contributed by atoms with Gasteiger partial charge >= 0.3 is 5.97 Å². The van der Waals surface area contributed by atoms with E-state index in [4.69, 9.17) is 5.11 Å². The second-order valence-corrected chi connectivity index (χ2v) is 4.20. The van der Waals surface area contributed by atoms with E-state index in [9.17, 15) is 4.79 Å². The fraction of sp³-hybridized carbons (Fsp3) is 0.462. The van der Waals surface area contributed by atoms with Crippen molar-refractivity contribution in [1.29, 1.82) is 0 Å². The Balaban J connectivity index is 2.38. The van der Waals surface area contributed by atoms with Crippen molar-refractivity contribution >= 4 is 11.7 Å². The van der Waals surface area contributed by atoms with Gasteiger partial charge in [0.1, 0.15) is 6.54 Å². The summed E-state index contributed by atoms with van der Waals surface area (Å²) in [5.74, 6) is -0.751. The van der Waals surface area contributed by atoms with Gasteiger partial charge in [-0.05, 0) is 30.4 Å². The van der Waals surface area contributed by atoms with Crippen LogP contribution in [0.1, 0.15) is 24.5 Å². The number of hydrogen-bond acceptors (Lipinski definition) is 2. The lowest BCUT2D eigenvalue weighted by atomic mass is 9.96. The van der Waals surface area contributed by atoms with Crippen LogP contribution in [0.5, 0.6) is 0 Å². The normalized spacial score (nSPS) is 14.7. The Morgan fingerprint density at radius 2 is 2.31 bits per heavy atom. The summed E-state index contributed by atoms with van der Waals surface area (Å²) >= 11 is 0. The van der Waals surface area contributed by atoms with Crippen LogP contribution in [0.15, 0.2) is 18.2 Å². The molecular weight excluding hydrogens is 202 g/mol. The molecule has 0 fully saturated rings. The molecule has 0 amide bonds. The van der Waals surface area contributed by atoms with Gasteiger partial charge in [-0.2, -0.15) is 0 Å². The van der Waals surface area contributed by atoms with Crippen molar-refractivity contribution in [1.82, 2.24) is 0 Å². The van der Waals surface area contributed by atoms with Gasteiger partial charge in [-0.25, -0.2) is 0 Å². The second-order valence-electron chi connectivity index (χ2n) is 4.20. The minimum absolute atomic E-state index is 0.115. The number of para-hydroxylation sites is 1. The van der Waals surface area contributed by atoms with Crippen molar-refractivity contribution in [3.8, 4) is 0 Å². The summed E-state index contributed by atoms with van der Waals surface area (Å²) < 4.78 is 0. The van der Waals surface area contributed by atoms with Crippen molar-refractivity contribution in [2.75, 3.05) is 18.0 Å². The van der Waals surface area contributed by atoms with E-state index in [1.54, 1.807) is 0 Å². The van der Waals surface area contributed by atoms with E-state index in [0.29, 0.717) is 0 Å². The average molecular weight is 219 g/mol. The smallest absolute Gasteiger partial charge is 0.323 e. The maximum atomic E-state index is 10.8. The fourth-order valence-electron chi connectivity index (χ4n) is 2.43. The van der Waals surface area contributed by atoms with E-state index in [1.807, 2.05) is 4.90 Å². The Morgan fingerprint density at radius 3 is 3.00 bits per heavy atom. The number of nitrogens with zero attached hydrogens (tertiary/aromatic N) is 1. The summed E-state index contributed by atoms with van der Waals surface area (Å²) in [4.78, 5) is 12.8. The van der Waals surface area contributed by atoms with Gasteiger partial charge in [0.05, 0.1) is 0 Å². The molecule has 0 unspecified atom stereocenters. The van der Waals surface area contributed by atoms with Crippen molar-refractivity contribution in [2.24, 2.45) is 0 Å². The predicted octanol–water partition coefficient (Wildman–Crippen LogP) is 2.09. The van der Waals surface area contributed by atoms with Crippen molar-refractivity contribution < 1.29 is 9.90 Å². The second kappa shape index (κ2) is 4.56. The first kappa shape index (κ1) is 11.0. The van der Waals surface area contributed by atoms with Gasteiger partial charge in [0.15, 0.2) is 0 Å². The zero-order valence-electron chi connectivity index (χ0n) is 9.57. The first-order valence-electron chi connectivity index (χ1n) is 5.80. The molecule has 0 spiro atoms. The molecule has 3 heteroatoms. The predicted molar refractivity (Wildman–Crippen MR) is 64.0 cm³/mol. The van der Waals surface area contributed by atoms with Crippen LogP contribution in [0.3, 0.4) is 0 Å². The number of fused-ring (bicyclic) bond motifs is 1. The van der Waals surface area contributed by atoms with Crippen molar-refractivity contribution in [3.05, 3.63) is 29.3 Å². The molecule has 1 heterocycles. The number of aryl methyl sites for hydroxylation is 2. The largest absolute Gasteiger partial charge is 0.480 e. The van der Waals surface area contributed by atoms with Crippen LogP contribution < -0.4 is 4.90 Å². The Hall–Kier alpha value is -1.51. The first-order valence-corrected chi connectivity index (χ1v) is 5.80. The molecule has 86 valence electrons. The number of benzene rings is 1. The highest BCUT2D eigenvalue weighted by Gasteiger charge is 2.20. The van der Waals surface area contributed by atoms with Crippen LogP contribution in [-0.4, -0.2) is 24.2 Å². The van der Waals surface area contributed by atoms with Gasteiger partial charge in [0.25, 0.3) is 0 Å². The van der Waals surface area contributed by atoms with Gasteiger partial charge in [-0.1, -0.05) is 25.1 Å². The fourth-order valence-corrected chi connectivity index (χ4v) is 2.43. The summed E-state index contributed by atoms with van der Waals surface area (Å²) in [5.41, 5.74) is 3.73. The third-order valence-corrected chi connectivity index (χ3v) is 3.10. The summed E-state index contributed by atoms with van der Waals surface area (Å²) in [5, 5.41) is 8.91. The topological polar surface area (TPSA) is 40.5 Å². The molecule has 0 bridgehead atoms. The zero-order valence-corrected chi connectivity index (χ0v) is 9.57. The van der Waals surface area contributed by atoms with E-state index < -0.39 is 5.97 Å². The number of anilines is 1. The Morgan fingerprint density at radius 1 is 1.50 bits per heavy atom. The monoisotopic (exact) mass is 219 g/mol. The van der Waals surface area contributed by atoms with E-state index >= 15 is 0 Å². The lowest BCUT2D eigenvalue weighted by Crippen LogP contribution is -2.35. The highest BCUT2D eigenvalue weighted by Crippen LogP contribution is 2.30. The van der Waals surface area contributed by atoms with E-state index in [0.717, 1.165) is 25.8 Å². The molecule has 2 rings (SSSR count). The average Bonchev–Trinajstić information content (AvgIpc) is 2.28. The van der Waals surface area contributed by atoms with Gasteiger partial charge in [-0.3, -0.25) is 4.79 Å². The molecule has 0 aromatic heterocycles. The number of carbonyl (C=O) groups is 1. The zero-order chi connectivity index (χ0) is 11.5. The standard InChI is InChI=1S/C13H17NO2/c1-2-10-5-3-6-11-7-4-8-14(13(10)11)9-12(15)16/h3,5-6H,2,4,7-9H2,1H3,(H,15,16). The molecule has 1 aliphatic heterocycles. The van der Waals surface area contributed by atoms with Crippen LogP contribution in [0.2, 0.25) is 0 Å². The summed E-state index contributed by atoms with van der Waals surface area (Å²) in [6.45, 7) is 3.09. The lowest BCUT2D eigenvalue weighted by molar-refractivity contribution is -0.135. The number of carboxylic acid groups (broad SMARTS) is 1. The van der Waals surface area contributed by atoms with Crippen LogP contribution in [0.25, 0.3) is 0 Å². The van der Waals surface area contributed by atoms with Crippen LogP contribution in [0.4, 0.5) is 5.69 Å². The highest BCUT2D eigenvalue weighted by atomic mass is 16.4. The van der Waals surface area contributed by atoms with Gasteiger partial charge < -0.3 is 10.0 Å². The molecule has 0 atom stereocenters. The van der Waals surface area contributed by atoms with Crippen molar-refractivity contribution in [3.63, 3.8) is 0 Å². The molecule has 0 aliphatic carbocycles. The molecule has 16 heavy (non-hydrogen) atoms. The molecule has 1 N–H and O–H groups in total. The minimum atomic E-state index is -0.751. The van der Waals surface area contributed by atoms with Crippen molar-refractivity contribution in [2.45, 2.75) is 26.2 Å². The lowest BCUT2D eigenvalue weighted by Gasteiger charge is -2.32. The Kier molecular flexibility index (Phi) is 3.13. The molecule has 0 radical (unpaired) electrons. The maximum absolute atomic E-state index is 10.8. The molecule has 3 nitrogen and oxygen atoms in total. The Labute approximate surface area is 95.7 Å². The first-order chi connectivity index (χ1) is 7.72. The summed E-state index contributed by atoms with van der Waals surface area (Å²) in [6.07, 6.45) is 3.08. The van der Waals surface area contributed by atoms with E-state index in [2.05, 4.69) is 25.1 Å². The molecule has 1 aliphatic rings. The molecule has 1 aromatic rings. The van der Waals surface area contributed by atoms with E-state index in [-0.39, 0.29) is 6.54 Å². The SMILES string of the molecule is CCc1cccc2c1N(CC(=O)O)CCC2. The van der Waals surface area contributed by atoms with Crippen LogP contribution in [0, 0.1) is 0 Å². The summed E-state index contributed by atoms with van der Waals surface area (Å²) in [7, 11) is 0. The number of aliphatic carboxylic acids is 1.